The molecule has 0 radical (unpaired) electrons. The number of alkyl halides is 1. The third-order valence-electron chi connectivity index (χ3n) is 1.45. The van der Waals surface area contributed by atoms with Crippen molar-refractivity contribution in [2.75, 3.05) is 6.61 Å². The number of halogens is 1. The SMILES string of the molecule is C#CCOc1cc(C=O)nc(CBr)c1. The number of pyridine rings is 1. The van der Waals surface area contributed by atoms with Crippen LogP contribution in [0.2, 0.25) is 0 Å². The van der Waals surface area contributed by atoms with Crippen molar-refractivity contribution in [2.24, 2.45) is 0 Å². The summed E-state index contributed by atoms with van der Waals surface area (Å²) in [5.74, 6) is 2.91. The maximum atomic E-state index is 10.5. The van der Waals surface area contributed by atoms with Crippen LogP contribution in [0.4, 0.5) is 0 Å². The minimum atomic E-state index is 0.185. The Balaban J connectivity index is 2.93. The van der Waals surface area contributed by atoms with E-state index in [1.807, 2.05) is 0 Å². The number of terminal acetylenes is 1. The van der Waals surface area contributed by atoms with Gasteiger partial charge in [0.25, 0.3) is 0 Å². The highest BCUT2D eigenvalue weighted by atomic mass is 79.9. The third kappa shape index (κ3) is 2.86. The van der Waals surface area contributed by atoms with Crippen molar-refractivity contribution < 1.29 is 9.53 Å². The molecule has 0 unspecified atom stereocenters. The van der Waals surface area contributed by atoms with Crippen LogP contribution in [0.15, 0.2) is 12.1 Å². The first-order chi connectivity index (χ1) is 6.80. The zero-order chi connectivity index (χ0) is 10.4. The van der Waals surface area contributed by atoms with E-state index in [2.05, 4.69) is 26.8 Å². The molecule has 0 aliphatic carbocycles. The summed E-state index contributed by atoms with van der Waals surface area (Å²) >= 11 is 3.25. The number of aldehydes is 1. The van der Waals surface area contributed by atoms with Crippen LogP contribution in [-0.2, 0) is 5.33 Å². The lowest BCUT2D eigenvalue weighted by atomic mass is 10.3. The Bertz CT molecular complexity index is 371. The van der Waals surface area contributed by atoms with E-state index >= 15 is 0 Å². The summed E-state index contributed by atoms with van der Waals surface area (Å²) in [6, 6.07) is 3.29. The van der Waals surface area contributed by atoms with Gasteiger partial charge >= 0.3 is 0 Å². The Morgan fingerprint density at radius 3 is 3.00 bits per heavy atom. The van der Waals surface area contributed by atoms with Crippen LogP contribution < -0.4 is 4.74 Å². The summed E-state index contributed by atoms with van der Waals surface area (Å²) in [6.07, 6.45) is 5.72. The van der Waals surface area contributed by atoms with E-state index in [0.29, 0.717) is 23.1 Å². The van der Waals surface area contributed by atoms with Gasteiger partial charge in [-0.15, -0.1) is 6.42 Å². The highest BCUT2D eigenvalue weighted by Gasteiger charge is 2.01. The van der Waals surface area contributed by atoms with Gasteiger partial charge in [-0.05, 0) is 0 Å². The molecule has 14 heavy (non-hydrogen) atoms. The Labute approximate surface area is 90.6 Å². The van der Waals surface area contributed by atoms with Gasteiger partial charge in [0.15, 0.2) is 6.29 Å². The number of aromatic nitrogens is 1. The molecule has 0 atom stereocenters. The van der Waals surface area contributed by atoms with Crippen LogP contribution >= 0.6 is 15.9 Å². The molecule has 0 N–H and O–H groups in total. The van der Waals surface area contributed by atoms with Gasteiger partial charge in [0, 0.05) is 17.5 Å². The molecule has 0 aliphatic heterocycles. The fourth-order valence-electron chi connectivity index (χ4n) is 0.919. The zero-order valence-corrected chi connectivity index (χ0v) is 8.95. The molecule has 0 spiro atoms. The van der Waals surface area contributed by atoms with Crippen LogP contribution in [0.5, 0.6) is 5.75 Å². The van der Waals surface area contributed by atoms with Crippen LogP contribution in [0.3, 0.4) is 0 Å². The van der Waals surface area contributed by atoms with Gasteiger partial charge in [-0.1, -0.05) is 21.9 Å². The molecular formula is C10H8BrNO2. The van der Waals surface area contributed by atoms with E-state index in [4.69, 9.17) is 11.2 Å². The van der Waals surface area contributed by atoms with Crippen molar-refractivity contribution in [3.8, 4) is 18.1 Å². The number of ether oxygens (including phenoxy) is 1. The number of hydrogen-bond donors (Lipinski definition) is 0. The van der Waals surface area contributed by atoms with Crippen molar-refractivity contribution in [1.82, 2.24) is 4.98 Å². The molecule has 1 aromatic heterocycles. The summed E-state index contributed by atoms with van der Waals surface area (Å²) in [6.45, 7) is 0.185. The minimum absolute atomic E-state index is 0.185. The van der Waals surface area contributed by atoms with Crippen LogP contribution in [0, 0.1) is 12.3 Å². The lowest BCUT2D eigenvalue weighted by Gasteiger charge is -2.04. The van der Waals surface area contributed by atoms with Crippen molar-refractivity contribution in [2.45, 2.75) is 5.33 Å². The van der Waals surface area contributed by atoms with Gasteiger partial charge < -0.3 is 4.74 Å². The fraction of sp³-hybridized carbons (Fsp3) is 0.200. The van der Waals surface area contributed by atoms with Gasteiger partial charge in [-0.3, -0.25) is 4.79 Å². The molecule has 0 amide bonds. The standard InChI is InChI=1S/C10H8BrNO2/c1-2-3-14-10-4-8(6-11)12-9(5-10)7-13/h1,4-5,7H,3,6H2. The third-order valence-corrected chi connectivity index (χ3v) is 2.03. The number of rotatable bonds is 4. The Hall–Kier alpha value is -1.34. The van der Waals surface area contributed by atoms with E-state index in [9.17, 15) is 4.79 Å². The topological polar surface area (TPSA) is 39.2 Å². The zero-order valence-electron chi connectivity index (χ0n) is 7.37. The van der Waals surface area contributed by atoms with E-state index in [-0.39, 0.29) is 6.61 Å². The van der Waals surface area contributed by atoms with Crippen LogP contribution in [0.25, 0.3) is 0 Å². The molecule has 1 rings (SSSR count). The van der Waals surface area contributed by atoms with Crippen molar-refractivity contribution >= 4 is 22.2 Å². The van der Waals surface area contributed by atoms with Gasteiger partial charge in [0.1, 0.15) is 18.1 Å². The average Bonchev–Trinajstić information content (AvgIpc) is 2.25. The molecule has 0 fully saturated rings. The van der Waals surface area contributed by atoms with E-state index in [1.165, 1.54) is 0 Å². The molecule has 0 saturated carbocycles. The molecule has 1 heterocycles. The second kappa shape index (κ2) is 5.40. The Kier molecular flexibility index (Phi) is 4.14. The first kappa shape index (κ1) is 10.7. The molecule has 1 aromatic rings. The quantitative estimate of drug-likeness (QED) is 0.467. The van der Waals surface area contributed by atoms with E-state index in [1.54, 1.807) is 12.1 Å². The second-order valence-electron chi connectivity index (χ2n) is 2.46. The molecule has 0 aliphatic rings. The molecule has 0 aromatic carbocycles. The lowest BCUT2D eigenvalue weighted by Crippen LogP contribution is -1.98. The summed E-state index contributed by atoms with van der Waals surface area (Å²) < 4.78 is 5.18. The predicted octanol–water partition coefficient (Wildman–Crippen LogP) is 1.80. The summed E-state index contributed by atoms with van der Waals surface area (Å²) in [4.78, 5) is 14.6. The van der Waals surface area contributed by atoms with Crippen molar-refractivity contribution in [1.29, 1.82) is 0 Å². The van der Waals surface area contributed by atoms with Gasteiger partial charge in [-0.2, -0.15) is 0 Å². The number of carbonyl (C=O) groups is 1. The first-order valence-electron chi connectivity index (χ1n) is 3.88. The van der Waals surface area contributed by atoms with E-state index in [0.717, 1.165) is 5.69 Å². The van der Waals surface area contributed by atoms with E-state index < -0.39 is 0 Å². The van der Waals surface area contributed by atoms with Gasteiger partial charge in [0.2, 0.25) is 0 Å². The number of carbonyl (C=O) groups excluding carboxylic acids is 1. The summed E-state index contributed by atoms with van der Waals surface area (Å²) in [5.41, 5.74) is 1.08. The largest absolute Gasteiger partial charge is 0.481 e. The van der Waals surface area contributed by atoms with Gasteiger partial charge in [0.05, 0.1) is 5.69 Å². The molecule has 0 bridgehead atoms. The van der Waals surface area contributed by atoms with Crippen molar-refractivity contribution in [3.63, 3.8) is 0 Å². The van der Waals surface area contributed by atoms with Crippen LogP contribution in [0.1, 0.15) is 16.2 Å². The Morgan fingerprint density at radius 1 is 1.64 bits per heavy atom. The minimum Gasteiger partial charge on any atom is -0.481 e. The molecule has 3 nitrogen and oxygen atoms in total. The average molecular weight is 254 g/mol. The fourth-order valence-corrected chi connectivity index (χ4v) is 1.21. The maximum absolute atomic E-state index is 10.5. The van der Waals surface area contributed by atoms with Gasteiger partial charge in [-0.25, -0.2) is 4.98 Å². The summed E-state index contributed by atoms with van der Waals surface area (Å²) in [7, 11) is 0. The molecule has 72 valence electrons. The highest BCUT2D eigenvalue weighted by Crippen LogP contribution is 2.15. The second-order valence-corrected chi connectivity index (χ2v) is 3.02. The molecular weight excluding hydrogens is 246 g/mol. The monoisotopic (exact) mass is 253 g/mol. The smallest absolute Gasteiger partial charge is 0.168 e. The maximum Gasteiger partial charge on any atom is 0.168 e. The van der Waals surface area contributed by atoms with Crippen LogP contribution in [-0.4, -0.2) is 17.9 Å². The predicted molar refractivity (Wildman–Crippen MR) is 56.6 cm³/mol. The first-order valence-corrected chi connectivity index (χ1v) is 5.00. The molecule has 4 heteroatoms. The number of hydrogen-bond acceptors (Lipinski definition) is 3. The Morgan fingerprint density at radius 2 is 2.43 bits per heavy atom. The summed E-state index contributed by atoms with van der Waals surface area (Å²) in [5, 5.41) is 0.571. The van der Waals surface area contributed by atoms with Crippen molar-refractivity contribution in [3.05, 3.63) is 23.5 Å². The lowest BCUT2D eigenvalue weighted by molar-refractivity contribution is 0.111. The normalized spacial score (nSPS) is 9.14. The number of nitrogens with zero attached hydrogens (tertiary/aromatic N) is 1. The highest BCUT2D eigenvalue weighted by molar-refractivity contribution is 9.08. The molecule has 0 saturated heterocycles.